The molecule has 1 heterocycles. The lowest BCUT2D eigenvalue weighted by Crippen LogP contribution is -1.82. The molecule has 0 spiro atoms. The fourth-order valence-corrected chi connectivity index (χ4v) is 1.20. The Balaban J connectivity index is 2.25. The first-order valence-corrected chi connectivity index (χ1v) is 4.69. The lowest BCUT2D eigenvalue weighted by Gasteiger charge is -1.96. The van der Waals surface area contributed by atoms with Crippen LogP contribution in [0.4, 0.5) is 10.2 Å². The van der Waals surface area contributed by atoms with Gasteiger partial charge >= 0.3 is 0 Å². The Kier molecular flexibility index (Phi) is 2.91. The second-order valence-electron chi connectivity index (χ2n) is 3.15. The molecule has 0 saturated carbocycles. The van der Waals surface area contributed by atoms with E-state index in [-0.39, 0.29) is 17.4 Å². The predicted molar refractivity (Wildman–Crippen MR) is 59.6 cm³/mol. The van der Waals surface area contributed by atoms with E-state index in [2.05, 4.69) is 9.98 Å². The van der Waals surface area contributed by atoms with Crippen molar-refractivity contribution in [2.45, 2.75) is 0 Å². The third kappa shape index (κ3) is 2.42. The van der Waals surface area contributed by atoms with Crippen molar-refractivity contribution in [1.82, 2.24) is 4.98 Å². The molecular weight excluding hydrogens is 207 g/mol. The minimum absolute atomic E-state index is 0.127. The van der Waals surface area contributed by atoms with Crippen molar-refractivity contribution >= 4 is 12.0 Å². The van der Waals surface area contributed by atoms with Crippen LogP contribution in [-0.4, -0.2) is 16.3 Å². The number of aliphatic imine (C=N–C) groups is 1. The van der Waals surface area contributed by atoms with E-state index in [1.54, 1.807) is 24.3 Å². The van der Waals surface area contributed by atoms with Crippen LogP contribution in [-0.2, 0) is 0 Å². The number of aromatic hydroxyl groups is 1. The zero-order valence-electron chi connectivity index (χ0n) is 8.34. The first-order valence-electron chi connectivity index (χ1n) is 4.69. The Hall–Kier alpha value is -2.23. The fraction of sp³-hybridized carbons (Fsp3) is 0. The Bertz CT molecular complexity index is 526. The standard InChI is InChI=1S/C12H9FN2O/c13-10-5-6-14-12(7-10)15-8-9-3-1-2-4-11(9)16/h1-8,16H. The van der Waals surface area contributed by atoms with Crippen LogP contribution in [0.3, 0.4) is 0 Å². The maximum atomic E-state index is 12.8. The molecule has 0 radical (unpaired) electrons. The molecule has 0 aliphatic heterocycles. The van der Waals surface area contributed by atoms with Gasteiger partial charge in [0.05, 0.1) is 0 Å². The van der Waals surface area contributed by atoms with E-state index in [1.165, 1.54) is 24.5 Å². The largest absolute Gasteiger partial charge is 0.507 e. The van der Waals surface area contributed by atoms with Crippen molar-refractivity contribution in [1.29, 1.82) is 0 Å². The monoisotopic (exact) mass is 216 g/mol. The van der Waals surface area contributed by atoms with Crippen LogP contribution >= 0.6 is 0 Å². The van der Waals surface area contributed by atoms with E-state index < -0.39 is 0 Å². The summed E-state index contributed by atoms with van der Waals surface area (Å²) in [7, 11) is 0. The van der Waals surface area contributed by atoms with Crippen LogP contribution in [0.25, 0.3) is 0 Å². The number of halogens is 1. The third-order valence-electron chi connectivity index (χ3n) is 1.98. The van der Waals surface area contributed by atoms with E-state index in [1.807, 2.05) is 0 Å². The van der Waals surface area contributed by atoms with Crippen molar-refractivity contribution in [3.8, 4) is 5.75 Å². The molecule has 0 bridgehead atoms. The molecular formula is C12H9FN2O. The quantitative estimate of drug-likeness (QED) is 0.784. The number of phenolic OH excluding ortho intramolecular Hbond substituents is 1. The van der Waals surface area contributed by atoms with Gasteiger partial charge in [-0.3, -0.25) is 0 Å². The highest BCUT2D eigenvalue weighted by atomic mass is 19.1. The minimum atomic E-state index is -0.389. The highest BCUT2D eigenvalue weighted by Crippen LogP contribution is 2.15. The molecule has 16 heavy (non-hydrogen) atoms. The first-order chi connectivity index (χ1) is 7.75. The molecule has 0 fully saturated rings. The Labute approximate surface area is 91.9 Å². The fourth-order valence-electron chi connectivity index (χ4n) is 1.20. The number of nitrogens with zero attached hydrogens (tertiary/aromatic N) is 2. The average molecular weight is 216 g/mol. The summed E-state index contributed by atoms with van der Waals surface area (Å²) in [6, 6.07) is 9.22. The van der Waals surface area contributed by atoms with Crippen LogP contribution in [0.1, 0.15) is 5.56 Å². The van der Waals surface area contributed by atoms with Gasteiger partial charge in [-0.2, -0.15) is 0 Å². The lowest BCUT2D eigenvalue weighted by atomic mass is 10.2. The second kappa shape index (κ2) is 4.53. The summed E-state index contributed by atoms with van der Waals surface area (Å²) in [6.07, 6.45) is 2.78. The van der Waals surface area contributed by atoms with Gasteiger partial charge in [0.2, 0.25) is 0 Å². The van der Waals surface area contributed by atoms with Crippen LogP contribution in [0.15, 0.2) is 47.6 Å². The van der Waals surface area contributed by atoms with Gasteiger partial charge in [-0.15, -0.1) is 0 Å². The van der Waals surface area contributed by atoms with E-state index in [0.717, 1.165) is 0 Å². The molecule has 3 nitrogen and oxygen atoms in total. The maximum absolute atomic E-state index is 12.8. The molecule has 2 aromatic rings. The number of hydrogen-bond acceptors (Lipinski definition) is 3. The highest BCUT2D eigenvalue weighted by Gasteiger charge is 1.96. The molecule has 0 atom stereocenters. The topological polar surface area (TPSA) is 45.5 Å². The molecule has 0 saturated heterocycles. The van der Waals surface area contributed by atoms with Gasteiger partial charge in [0.15, 0.2) is 5.82 Å². The van der Waals surface area contributed by atoms with Gasteiger partial charge in [-0.05, 0) is 18.2 Å². The van der Waals surface area contributed by atoms with Crippen LogP contribution in [0.5, 0.6) is 5.75 Å². The molecule has 1 N–H and O–H groups in total. The minimum Gasteiger partial charge on any atom is -0.507 e. The van der Waals surface area contributed by atoms with E-state index >= 15 is 0 Å². The third-order valence-corrected chi connectivity index (χ3v) is 1.98. The first kappa shape index (κ1) is 10.3. The molecule has 0 aliphatic carbocycles. The number of phenols is 1. The molecule has 0 aliphatic rings. The Morgan fingerprint density at radius 3 is 2.81 bits per heavy atom. The number of hydrogen-bond donors (Lipinski definition) is 1. The predicted octanol–water partition coefficient (Wildman–Crippen LogP) is 2.68. The molecule has 0 unspecified atom stereocenters. The van der Waals surface area contributed by atoms with Crippen molar-refractivity contribution in [2.75, 3.05) is 0 Å². The number of rotatable bonds is 2. The van der Waals surface area contributed by atoms with Crippen molar-refractivity contribution in [2.24, 2.45) is 4.99 Å². The van der Waals surface area contributed by atoms with Crippen LogP contribution in [0.2, 0.25) is 0 Å². The number of benzene rings is 1. The van der Waals surface area contributed by atoms with Gasteiger partial charge in [0.1, 0.15) is 11.6 Å². The Morgan fingerprint density at radius 2 is 2.06 bits per heavy atom. The van der Waals surface area contributed by atoms with Crippen molar-refractivity contribution < 1.29 is 9.50 Å². The molecule has 0 amide bonds. The van der Waals surface area contributed by atoms with E-state index in [9.17, 15) is 9.50 Å². The lowest BCUT2D eigenvalue weighted by molar-refractivity contribution is 0.474. The zero-order chi connectivity index (χ0) is 11.4. The number of para-hydroxylation sites is 1. The average Bonchev–Trinajstić information content (AvgIpc) is 2.28. The van der Waals surface area contributed by atoms with Gasteiger partial charge in [0.25, 0.3) is 0 Å². The number of aromatic nitrogens is 1. The van der Waals surface area contributed by atoms with Gasteiger partial charge in [0, 0.05) is 24.0 Å². The smallest absolute Gasteiger partial charge is 0.154 e. The molecule has 2 rings (SSSR count). The van der Waals surface area contributed by atoms with E-state index in [0.29, 0.717) is 5.56 Å². The second-order valence-corrected chi connectivity index (χ2v) is 3.15. The van der Waals surface area contributed by atoms with Gasteiger partial charge in [-0.25, -0.2) is 14.4 Å². The summed E-state index contributed by atoms with van der Waals surface area (Å²) in [4.78, 5) is 7.83. The zero-order valence-corrected chi connectivity index (χ0v) is 8.34. The number of pyridine rings is 1. The molecule has 1 aromatic heterocycles. The molecule has 80 valence electrons. The normalized spacial score (nSPS) is 10.8. The maximum Gasteiger partial charge on any atom is 0.154 e. The summed E-state index contributed by atoms with van der Waals surface area (Å²) in [5.41, 5.74) is 0.563. The SMILES string of the molecule is Oc1ccccc1C=Nc1cc(F)ccn1. The summed E-state index contributed by atoms with van der Waals surface area (Å²) < 4.78 is 12.8. The van der Waals surface area contributed by atoms with Gasteiger partial charge < -0.3 is 5.11 Å². The van der Waals surface area contributed by atoms with E-state index in [4.69, 9.17) is 0 Å². The summed E-state index contributed by atoms with van der Waals surface area (Å²) in [6.45, 7) is 0. The van der Waals surface area contributed by atoms with Gasteiger partial charge in [-0.1, -0.05) is 12.1 Å². The molecule has 4 heteroatoms. The van der Waals surface area contributed by atoms with Crippen molar-refractivity contribution in [3.05, 3.63) is 54.0 Å². The van der Waals surface area contributed by atoms with Crippen molar-refractivity contribution in [3.63, 3.8) is 0 Å². The highest BCUT2D eigenvalue weighted by molar-refractivity contribution is 5.84. The summed E-state index contributed by atoms with van der Waals surface area (Å²) >= 11 is 0. The van der Waals surface area contributed by atoms with Crippen LogP contribution in [0, 0.1) is 5.82 Å². The summed E-state index contributed by atoms with van der Waals surface area (Å²) in [5, 5.41) is 9.46. The van der Waals surface area contributed by atoms with Crippen LogP contribution < -0.4 is 0 Å². The molecule has 1 aromatic carbocycles. The summed E-state index contributed by atoms with van der Waals surface area (Å²) in [5.74, 6) is 0.00494. The Morgan fingerprint density at radius 1 is 1.25 bits per heavy atom.